The lowest BCUT2D eigenvalue weighted by atomic mass is 9.86. The average molecular weight is 285 g/mol. The monoisotopic (exact) mass is 284 g/mol. The van der Waals surface area contributed by atoms with E-state index in [9.17, 15) is 4.79 Å². The zero-order valence-corrected chi connectivity index (χ0v) is 12.5. The van der Waals surface area contributed by atoms with E-state index in [1.54, 1.807) is 26.2 Å². The first-order valence-electron chi connectivity index (χ1n) is 6.07. The van der Waals surface area contributed by atoms with Gasteiger partial charge in [-0.2, -0.15) is 0 Å². The summed E-state index contributed by atoms with van der Waals surface area (Å²) in [5.74, 6) is -0.433. The molecule has 106 valence electrons. The Kier molecular flexibility index (Phi) is 4.82. The van der Waals surface area contributed by atoms with E-state index in [0.29, 0.717) is 11.4 Å². The Morgan fingerprint density at radius 2 is 2.05 bits per heavy atom. The van der Waals surface area contributed by atoms with Crippen LogP contribution in [0.1, 0.15) is 27.2 Å². The van der Waals surface area contributed by atoms with Crippen LogP contribution >= 0.6 is 11.6 Å². The molecule has 5 heteroatoms. The summed E-state index contributed by atoms with van der Waals surface area (Å²) >= 11 is 5.93. The highest BCUT2D eigenvalue weighted by Gasteiger charge is 2.37. The Morgan fingerprint density at radius 3 is 2.53 bits per heavy atom. The van der Waals surface area contributed by atoms with Gasteiger partial charge < -0.3 is 15.8 Å². The molecule has 0 heterocycles. The Hall–Kier alpha value is -1.26. The number of anilines is 1. The molecule has 0 aliphatic rings. The van der Waals surface area contributed by atoms with E-state index < -0.39 is 17.0 Å². The number of hydrogen-bond donors (Lipinski definition) is 2. The van der Waals surface area contributed by atoms with Crippen molar-refractivity contribution in [2.45, 2.75) is 38.3 Å². The second-order valence-corrected chi connectivity index (χ2v) is 5.91. The van der Waals surface area contributed by atoms with Crippen LogP contribution in [0.25, 0.3) is 0 Å². The normalized spacial score (nSPS) is 14.8. The van der Waals surface area contributed by atoms with E-state index in [-0.39, 0.29) is 0 Å². The number of nitrogens with one attached hydrogen (secondary N) is 1. The molecule has 0 fully saturated rings. The first-order valence-corrected chi connectivity index (χ1v) is 6.45. The van der Waals surface area contributed by atoms with Gasteiger partial charge in [-0.05, 0) is 39.0 Å². The standard InChI is InChI=1S/C14H21ClN2O2/c1-13(2,19-4)9-14(3,12(16)18)17-11-7-5-6-10(15)8-11/h5-8,17H,9H2,1-4H3,(H2,16,18). The van der Waals surface area contributed by atoms with Crippen LogP contribution in [0.15, 0.2) is 24.3 Å². The van der Waals surface area contributed by atoms with Crippen LogP contribution in [-0.4, -0.2) is 24.2 Å². The third-order valence-electron chi connectivity index (χ3n) is 3.12. The fraction of sp³-hybridized carbons (Fsp3) is 0.500. The van der Waals surface area contributed by atoms with Crippen LogP contribution in [0, 0.1) is 0 Å². The summed E-state index contributed by atoms with van der Waals surface area (Å²) in [5.41, 5.74) is 4.90. The number of rotatable bonds is 6. The first kappa shape index (κ1) is 15.8. The van der Waals surface area contributed by atoms with Gasteiger partial charge in [-0.15, -0.1) is 0 Å². The molecule has 1 unspecified atom stereocenters. The Morgan fingerprint density at radius 1 is 1.42 bits per heavy atom. The number of halogens is 1. The molecular weight excluding hydrogens is 264 g/mol. The molecule has 4 nitrogen and oxygen atoms in total. The second kappa shape index (κ2) is 5.80. The van der Waals surface area contributed by atoms with Gasteiger partial charge >= 0.3 is 0 Å². The maximum absolute atomic E-state index is 11.8. The second-order valence-electron chi connectivity index (χ2n) is 5.47. The lowest BCUT2D eigenvalue weighted by Crippen LogP contribution is -2.52. The maximum atomic E-state index is 11.8. The molecule has 1 atom stereocenters. The molecule has 0 radical (unpaired) electrons. The number of hydrogen-bond acceptors (Lipinski definition) is 3. The van der Waals surface area contributed by atoms with Gasteiger partial charge in [0.1, 0.15) is 5.54 Å². The van der Waals surface area contributed by atoms with Crippen molar-refractivity contribution in [3.8, 4) is 0 Å². The molecule has 1 aromatic carbocycles. The minimum atomic E-state index is -0.913. The molecule has 0 saturated heterocycles. The fourth-order valence-electron chi connectivity index (χ4n) is 2.00. The summed E-state index contributed by atoms with van der Waals surface area (Å²) in [6.45, 7) is 5.58. The molecule has 0 saturated carbocycles. The third-order valence-corrected chi connectivity index (χ3v) is 3.36. The number of carbonyl (C=O) groups is 1. The number of methoxy groups -OCH3 is 1. The largest absolute Gasteiger partial charge is 0.379 e. The molecule has 0 aromatic heterocycles. The number of nitrogens with two attached hydrogens (primary N) is 1. The Bertz CT molecular complexity index is 463. The van der Waals surface area contributed by atoms with E-state index in [1.807, 2.05) is 26.0 Å². The van der Waals surface area contributed by atoms with Gasteiger partial charge in [0, 0.05) is 24.2 Å². The van der Waals surface area contributed by atoms with Gasteiger partial charge in [-0.3, -0.25) is 4.79 Å². The number of carbonyl (C=O) groups excluding carboxylic acids is 1. The van der Waals surface area contributed by atoms with Gasteiger partial charge in [0.25, 0.3) is 0 Å². The van der Waals surface area contributed by atoms with Crippen LogP contribution < -0.4 is 11.1 Å². The zero-order valence-electron chi connectivity index (χ0n) is 11.8. The summed E-state index contributed by atoms with van der Waals surface area (Å²) in [4.78, 5) is 11.8. The van der Waals surface area contributed by atoms with Crippen LogP contribution in [0.3, 0.4) is 0 Å². The molecule has 19 heavy (non-hydrogen) atoms. The number of amides is 1. The van der Waals surface area contributed by atoms with Crippen LogP contribution in [0.5, 0.6) is 0 Å². The van der Waals surface area contributed by atoms with E-state index in [1.165, 1.54) is 0 Å². The molecule has 0 aliphatic carbocycles. The van der Waals surface area contributed by atoms with Crippen molar-refractivity contribution in [1.29, 1.82) is 0 Å². The van der Waals surface area contributed by atoms with E-state index >= 15 is 0 Å². The molecule has 0 aliphatic heterocycles. The maximum Gasteiger partial charge on any atom is 0.242 e. The number of ether oxygens (including phenoxy) is 1. The number of benzene rings is 1. The molecule has 1 aromatic rings. The minimum Gasteiger partial charge on any atom is -0.379 e. The van der Waals surface area contributed by atoms with Crippen molar-refractivity contribution in [3.05, 3.63) is 29.3 Å². The van der Waals surface area contributed by atoms with Crippen molar-refractivity contribution < 1.29 is 9.53 Å². The van der Waals surface area contributed by atoms with Crippen LogP contribution in [0.4, 0.5) is 5.69 Å². The summed E-state index contributed by atoms with van der Waals surface area (Å²) in [6, 6.07) is 7.18. The summed E-state index contributed by atoms with van der Waals surface area (Å²) < 4.78 is 5.37. The first-order chi connectivity index (χ1) is 8.68. The highest BCUT2D eigenvalue weighted by molar-refractivity contribution is 6.30. The van der Waals surface area contributed by atoms with Gasteiger partial charge in [0.15, 0.2) is 0 Å². The zero-order chi connectivity index (χ0) is 14.7. The van der Waals surface area contributed by atoms with Gasteiger partial charge in [0.2, 0.25) is 5.91 Å². The summed E-state index contributed by atoms with van der Waals surface area (Å²) in [7, 11) is 1.61. The minimum absolute atomic E-state index is 0.433. The third kappa shape index (κ3) is 4.40. The summed E-state index contributed by atoms with van der Waals surface area (Å²) in [5, 5.41) is 3.75. The predicted molar refractivity (Wildman–Crippen MR) is 78.4 cm³/mol. The average Bonchev–Trinajstić information content (AvgIpc) is 2.28. The molecule has 0 bridgehead atoms. The highest BCUT2D eigenvalue weighted by Crippen LogP contribution is 2.27. The number of primary amides is 1. The van der Waals surface area contributed by atoms with Gasteiger partial charge in [-0.25, -0.2) is 0 Å². The van der Waals surface area contributed by atoms with E-state index in [2.05, 4.69) is 5.32 Å². The van der Waals surface area contributed by atoms with E-state index in [4.69, 9.17) is 22.1 Å². The topological polar surface area (TPSA) is 64.3 Å². The lowest BCUT2D eigenvalue weighted by molar-refractivity contribution is -0.124. The van der Waals surface area contributed by atoms with Crippen molar-refractivity contribution in [1.82, 2.24) is 0 Å². The van der Waals surface area contributed by atoms with Gasteiger partial charge in [-0.1, -0.05) is 17.7 Å². The SMILES string of the molecule is COC(C)(C)CC(C)(Nc1cccc(Cl)c1)C(N)=O. The quantitative estimate of drug-likeness (QED) is 0.844. The van der Waals surface area contributed by atoms with Crippen LogP contribution in [-0.2, 0) is 9.53 Å². The molecule has 0 spiro atoms. The van der Waals surface area contributed by atoms with Crippen molar-refractivity contribution in [2.24, 2.45) is 5.73 Å². The smallest absolute Gasteiger partial charge is 0.242 e. The molecule has 1 amide bonds. The summed E-state index contributed by atoms with van der Waals surface area (Å²) in [6.07, 6.45) is 0.443. The predicted octanol–water partition coefficient (Wildman–Crippen LogP) is 2.81. The molecule has 3 N–H and O–H groups in total. The lowest BCUT2D eigenvalue weighted by Gasteiger charge is -2.35. The van der Waals surface area contributed by atoms with Crippen molar-refractivity contribution in [3.63, 3.8) is 0 Å². The molecular formula is C14H21ClN2O2. The Balaban J connectivity index is 2.97. The van der Waals surface area contributed by atoms with E-state index in [0.717, 1.165) is 5.69 Å². The Labute approximate surface area is 119 Å². The van der Waals surface area contributed by atoms with Crippen molar-refractivity contribution in [2.75, 3.05) is 12.4 Å². The molecule has 1 rings (SSSR count). The highest BCUT2D eigenvalue weighted by atomic mass is 35.5. The fourth-order valence-corrected chi connectivity index (χ4v) is 2.19. The van der Waals surface area contributed by atoms with Crippen LogP contribution in [0.2, 0.25) is 5.02 Å². The van der Waals surface area contributed by atoms with Gasteiger partial charge in [0.05, 0.1) is 5.60 Å². The van der Waals surface area contributed by atoms with Crippen molar-refractivity contribution >= 4 is 23.2 Å².